The highest BCUT2D eigenvalue weighted by molar-refractivity contribution is 5.97. The minimum Gasteiger partial charge on any atom is -0.507 e. The van der Waals surface area contributed by atoms with Crippen LogP contribution in [0.4, 0.5) is 5.88 Å². The summed E-state index contributed by atoms with van der Waals surface area (Å²) in [5, 5.41) is 13.4. The molecule has 1 fully saturated rings. The van der Waals surface area contributed by atoms with Gasteiger partial charge in [-0.1, -0.05) is 12.1 Å². The lowest BCUT2D eigenvalue weighted by Gasteiger charge is -2.12. The van der Waals surface area contributed by atoms with Crippen LogP contribution in [0.5, 0.6) is 5.75 Å². The summed E-state index contributed by atoms with van der Waals surface area (Å²) in [4.78, 5) is 14.0. The van der Waals surface area contributed by atoms with Crippen LogP contribution in [0.2, 0.25) is 0 Å². The van der Waals surface area contributed by atoms with E-state index in [0.29, 0.717) is 5.76 Å². The Morgan fingerprint density at radius 2 is 2.00 bits per heavy atom. The highest BCUT2D eigenvalue weighted by atomic mass is 16.4. The van der Waals surface area contributed by atoms with E-state index in [9.17, 15) is 9.90 Å². The van der Waals surface area contributed by atoms with Gasteiger partial charge in [0.25, 0.3) is 5.91 Å². The number of amides is 1. The molecule has 3 rings (SSSR count). The molecule has 114 valence electrons. The van der Waals surface area contributed by atoms with Gasteiger partial charge in [0.05, 0.1) is 11.8 Å². The van der Waals surface area contributed by atoms with Crippen molar-refractivity contribution in [2.24, 2.45) is 5.10 Å². The van der Waals surface area contributed by atoms with Crippen LogP contribution < -0.4 is 10.3 Å². The van der Waals surface area contributed by atoms with Gasteiger partial charge in [-0.25, -0.2) is 5.43 Å². The predicted molar refractivity (Wildman–Crippen MR) is 83.3 cm³/mol. The fourth-order valence-electron chi connectivity index (χ4n) is 2.40. The summed E-state index contributed by atoms with van der Waals surface area (Å²) in [6.07, 6.45) is 3.80. The second-order valence-corrected chi connectivity index (χ2v) is 5.09. The van der Waals surface area contributed by atoms with E-state index in [4.69, 9.17) is 4.42 Å². The molecule has 2 aromatic rings. The Morgan fingerprint density at radius 3 is 2.77 bits per heavy atom. The molecule has 2 N–H and O–H groups in total. The summed E-state index contributed by atoms with van der Waals surface area (Å²) in [5.74, 6) is 0.843. The zero-order valence-electron chi connectivity index (χ0n) is 12.0. The van der Waals surface area contributed by atoms with Crippen molar-refractivity contribution in [2.45, 2.75) is 12.8 Å². The lowest BCUT2D eigenvalue weighted by atomic mass is 10.2. The van der Waals surface area contributed by atoms with Crippen LogP contribution in [0.1, 0.15) is 29.0 Å². The fourth-order valence-corrected chi connectivity index (χ4v) is 2.40. The summed E-state index contributed by atoms with van der Waals surface area (Å²) in [6, 6.07) is 10.0. The minimum atomic E-state index is -0.472. The molecule has 1 aromatic carbocycles. The lowest BCUT2D eigenvalue weighted by Crippen LogP contribution is -2.17. The third kappa shape index (κ3) is 3.11. The van der Waals surface area contributed by atoms with Gasteiger partial charge < -0.3 is 14.4 Å². The van der Waals surface area contributed by atoms with Crippen LogP contribution in [-0.2, 0) is 0 Å². The number of hydrogen-bond acceptors (Lipinski definition) is 5. The number of para-hydroxylation sites is 1. The first kappa shape index (κ1) is 14.2. The van der Waals surface area contributed by atoms with Gasteiger partial charge in [-0.2, -0.15) is 5.10 Å². The number of anilines is 1. The van der Waals surface area contributed by atoms with E-state index in [1.165, 1.54) is 31.2 Å². The number of phenolic OH excluding ortho intramolecular Hbond substituents is 1. The van der Waals surface area contributed by atoms with E-state index in [1.807, 2.05) is 12.1 Å². The third-order valence-electron chi connectivity index (χ3n) is 3.54. The van der Waals surface area contributed by atoms with Crippen molar-refractivity contribution in [3.63, 3.8) is 0 Å². The Balaban J connectivity index is 1.60. The molecule has 0 spiro atoms. The maximum Gasteiger partial charge on any atom is 0.275 e. The summed E-state index contributed by atoms with van der Waals surface area (Å²) >= 11 is 0. The molecule has 1 aliphatic heterocycles. The Bertz CT molecular complexity index is 687. The summed E-state index contributed by atoms with van der Waals surface area (Å²) < 4.78 is 5.65. The number of rotatable bonds is 4. The number of carbonyl (C=O) groups is 1. The molecule has 1 aromatic heterocycles. The normalized spacial score (nSPS) is 14.6. The number of aromatic hydroxyl groups is 1. The van der Waals surface area contributed by atoms with E-state index in [0.717, 1.165) is 19.0 Å². The van der Waals surface area contributed by atoms with Gasteiger partial charge >= 0.3 is 0 Å². The SMILES string of the molecule is O=C(N/N=C/c1ccc(N2CCCC2)o1)c1ccccc1O. The summed E-state index contributed by atoms with van der Waals surface area (Å²) in [7, 11) is 0. The number of nitrogens with zero attached hydrogens (tertiary/aromatic N) is 2. The van der Waals surface area contributed by atoms with Crippen molar-refractivity contribution >= 4 is 18.0 Å². The van der Waals surface area contributed by atoms with Crippen molar-refractivity contribution in [3.8, 4) is 5.75 Å². The predicted octanol–water partition coefficient (Wildman–Crippen LogP) is 2.35. The largest absolute Gasteiger partial charge is 0.507 e. The van der Waals surface area contributed by atoms with Crippen LogP contribution in [0.15, 0.2) is 45.9 Å². The molecule has 0 atom stereocenters. The lowest BCUT2D eigenvalue weighted by molar-refractivity contribution is 0.0952. The molecule has 0 bridgehead atoms. The van der Waals surface area contributed by atoms with E-state index >= 15 is 0 Å². The first-order chi connectivity index (χ1) is 10.7. The fraction of sp³-hybridized carbons (Fsp3) is 0.250. The van der Waals surface area contributed by atoms with Gasteiger partial charge in [-0.15, -0.1) is 0 Å². The van der Waals surface area contributed by atoms with E-state index in [-0.39, 0.29) is 11.3 Å². The molecule has 6 nitrogen and oxygen atoms in total. The second-order valence-electron chi connectivity index (χ2n) is 5.09. The number of phenols is 1. The molecule has 1 aliphatic rings. The highest BCUT2D eigenvalue weighted by Crippen LogP contribution is 2.22. The van der Waals surface area contributed by atoms with Crippen LogP contribution in [0.3, 0.4) is 0 Å². The Hall–Kier alpha value is -2.76. The average molecular weight is 299 g/mol. The van der Waals surface area contributed by atoms with Gasteiger partial charge in [0.1, 0.15) is 11.5 Å². The van der Waals surface area contributed by atoms with Crippen LogP contribution in [-0.4, -0.2) is 30.3 Å². The highest BCUT2D eigenvalue weighted by Gasteiger charge is 2.15. The van der Waals surface area contributed by atoms with Crippen molar-refractivity contribution in [3.05, 3.63) is 47.7 Å². The smallest absolute Gasteiger partial charge is 0.275 e. The number of hydrogen-bond donors (Lipinski definition) is 2. The molecule has 0 saturated carbocycles. The Kier molecular flexibility index (Phi) is 4.09. The van der Waals surface area contributed by atoms with Crippen molar-refractivity contribution in [1.82, 2.24) is 5.43 Å². The van der Waals surface area contributed by atoms with Crippen LogP contribution >= 0.6 is 0 Å². The van der Waals surface area contributed by atoms with Gasteiger partial charge in [0.15, 0.2) is 5.88 Å². The first-order valence-corrected chi connectivity index (χ1v) is 7.20. The quantitative estimate of drug-likeness (QED) is 0.671. The second kappa shape index (κ2) is 6.34. The molecule has 0 aliphatic carbocycles. The van der Waals surface area contributed by atoms with Crippen LogP contribution in [0.25, 0.3) is 0 Å². The monoisotopic (exact) mass is 299 g/mol. The van der Waals surface area contributed by atoms with Crippen molar-refractivity contribution in [1.29, 1.82) is 0 Å². The van der Waals surface area contributed by atoms with E-state index < -0.39 is 5.91 Å². The Morgan fingerprint density at radius 1 is 1.23 bits per heavy atom. The standard InChI is InChI=1S/C16H17N3O3/c20-14-6-2-1-5-13(14)16(21)18-17-11-12-7-8-15(22-12)19-9-3-4-10-19/h1-2,5-8,11,20H,3-4,9-10H2,(H,18,21)/b17-11+. The molecule has 2 heterocycles. The molecule has 0 radical (unpaired) electrons. The van der Waals surface area contributed by atoms with Gasteiger partial charge in [-0.3, -0.25) is 4.79 Å². The topological polar surface area (TPSA) is 78.1 Å². The number of carbonyl (C=O) groups excluding carboxylic acids is 1. The van der Waals surface area contributed by atoms with Gasteiger partial charge in [0.2, 0.25) is 0 Å². The van der Waals surface area contributed by atoms with Gasteiger partial charge in [0, 0.05) is 19.2 Å². The number of benzene rings is 1. The molecule has 0 unspecified atom stereocenters. The first-order valence-electron chi connectivity index (χ1n) is 7.20. The number of furan rings is 1. The van der Waals surface area contributed by atoms with E-state index in [1.54, 1.807) is 12.1 Å². The zero-order chi connectivity index (χ0) is 15.4. The molecular formula is C16H17N3O3. The summed E-state index contributed by atoms with van der Waals surface area (Å²) in [6.45, 7) is 2.02. The van der Waals surface area contributed by atoms with Crippen LogP contribution in [0, 0.1) is 0 Å². The molecular weight excluding hydrogens is 282 g/mol. The molecule has 6 heteroatoms. The number of nitrogens with one attached hydrogen (secondary N) is 1. The molecule has 22 heavy (non-hydrogen) atoms. The minimum absolute atomic E-state index is 0.0791. The zero-order valence-corrected chi connectivity index (χ0v) is 12.0. The van der Waals surface area contributed by atoms with Crippen molar-refractivity contribution < 1.29 is 14.3 Å². The van der Waals surface area contributed by atoms with Gasteiger partial charge in [-0.05, 0) is 31.0 Å². The van der Waals surface area contributed by atoms with E-state index in [2.05, 4.69) is 15.4 Å². The third-order valence-corrected chi connectivity index (χ3v) is 3.54. The summed E-state index contributed by atoms with van der Waals surface area (Å²) in [5.41, 5.74) is 2.54. The Labute approximate surface area is 128 Å². The molecule has 1 amide bonds. The maximum absolute atomic E-state index is 11.8. The van der Waals surface area contributed by atoms with Crippen molar-refractivity contribution in [2.75, 3.05) is 18.0 Å². The average Bonchev–Trinajstić information content (AvgIpc) is 3.18. The maximum atomic E-state index is 11.8. The number of hydrazone groups is 1. The molecule has 1 saturated heterocycles.